The zero-order valence-corrected chi connectivity index (χ0v) is 17.3. The summed E-state index contributed by atoms with van der Waals surface area (Å²) in [5.74, 6) is -0.212. The second-order valence-corrected chi connectivity index (χ2v) is 7.20. The van der Waals surface area contributed by atoms with Gasteiger partial charge in [0.2, 0.25) is 0 Å². The van der Waals surface area contributed by atoms with Crippen LogP contribution in [0.1, 0.15) is 36.4 Å². The van der Waals surface area contributed by atoms with Crippen LogP contribution in [0.25, 0.3) is 0 Å². The van der Waals surface area contributed by atoms with Gasteiger partial charge in [-0.15, -0.1) is 0 Å². The number of carbonyl (C=O) groups excluding carboxylic acids is 1. The lowest BCUT2D eigenvalue weighted by Gasteiger charge is -2.16. The number of esters is 1. The third-order valence-corrected chi connectivity index (χ3v) is 4.75. The summed E-state index contributed by atoms with van der Waals surface area (Å²) in [6.07, 6.45) is -0.903. The molecule has 152 valence electrons. The lowest BCUT2D eigenvalue weighted by Crippen LogP contribution is -2.28. The van der Waals surface area contributed by atoms with Crippen LogP contribution in [0, 0.1) is 0 Å². The molecule has 8 heteroatoms. The smallest absolute Gasteiger partial charge is 0.305 e. The van der Waals surface area contributed by atoms with E-state index in [-0.39, 0.29) is 18.7 Å². The van der Waals surface area contributed by atoms with Crippen LogP contribution in [0.2, 0.25) is 0 Å². The van der Waals surface area contributed by atoms with Crippen LogP contribution in [0.4, 0.5) is 5.69 Å². The number of aromatic nitrogens is 1. The Bertz CT molecular complexity index is 1070. The Morgan fingerprint density at radius 3 is 3.07 bits per heavy atom. The van der Waals surface area contributed by atoms with Crippen LogP contribution in [-0.2, 0) is 9.53 Å². The molecule has 29 heavy (non-hydrogen) atoms. The standard InChI is InChI=1S/C21H23BrN4O3/c1-13(27)12-24-21-18(8-9-19(28)29-2)25-20(17-5-3-4-10-23-17)15-11-14(22)6-7-16(15)26-21/h3-7,10-11,13,18,27H,8-9,12H2,1-2H3,(H,24,26)/t13?,18-/m0/s1/i1D3,13D. The molecule has 0 saturated carbocycles. The van der Waals surface area contributed by atoms with Gasteiger partial charge in [0.25, 0.3) is 0 Å². The van der Waals surface area contributed by atoms with Gasteiger partial charge in [0, 0.05) is 32.5 Å². The molecule has 2 N–H and O–H groups in total. The van der Waals surface area contributed by atoms with Crippen molar-refractivity contribution in [1.82, 2.24) is 4.98 Å². The van der Waals surface area contributed by atoms with E-state index in [0.717, 1.165) is 4.47 Å². The Kier molecular flexibility index (Phi) is 5.46. The fourth-order valence-corrected chi connectivity index (χ4v) is 3.26. The van der Waals surface area contributed by atoms with Gasteiger partial charge in [-0.1, -0.05) is 22.0 Å². The van der Waals surface area contributed by atoms with E-state index in [4.69, 9.17) is 15.2 Å². The van der Waals surface area contributed by atoms with Crippen LogP contribution in [0.15, 0.2) is 57.1 Å². The molecule has 0 aliphatic carbocycles. The summed E-state index contributed by atoms with van der Waals surface area (Å²) in [5.41, 5.74) is 2.50. The topological polar surface area (TPSA) is 96.2 Å². The summed E-state index contributed by atoms with van der Waals surface area (Å²) in [7, 11) is 1.29. The predicted octanol–water partition coefficient (Wildman–Crippen LogP) is 3.21. The minimum atomic E-state index is -2.95. The predicted molar refractivity (Wildman–Crippen MR) is 117 cm³/mol. The van der Waals surface area contributed by atoms with Crippen molar-refractivity contribution in [2.45, 2.75) is 31.8 Å². The van der Waals surface area contributed by atoms with E-state index in [1.165, 1.54) is 7.11 Å². The lowest BCUT2D eigenvalue weighted by atomic mass is 10.0. The van der Waals surface area contributed by atoms with Gasteiger partial charge >= 0.3 is 5.97 Å². The highest BCUT2D eigenvalue weighted by Crippen LogP contribution is 2.28. The minimum Gasteiger partial charge on any atom is -0.469 e. The summed E-state index contributed by atoms with van der Waals surface area (Å²) < 4.78 is 35.5. The fraction of sp³-hybridized carbons (Fsp3) is 0.333. The third kappa shape index (κ3) is 5.48. The van der Waals surface area contributed by atoms with Gasteiger partial charge in [0.15, 0.2) is 0 Å². The molecule has 1 aromatic carbocycles. The Morgan fingerprint density at radius 1 is 1.48 bits per heavy atom. The summed E-state index contributed by atoms with van der Waals surface area (Å²) >= 11 is 3.47. The number of benzene rings is 1. The highest BCUT2D eigenvalue weighted by molar-refractivity contribution is 9.10. The number of amidine groups is 1. The molecule has 1 aliphatic rings. The van der Waals surface area contributed by atoms with E-state index >= 15 is 0 Å². The molecule has 1 aliphatic heterocycles. The molecule has 0 spiro atoms. The first-order valence-corrected chi connectivity index (χ1v) is 9.71. The summed E-state index contributed by atoms with van der Waals surface area (Å²) in [6.45, 7) is -3.66. The van der Waals surface area contributed by atoms with Crippen LogP contribution >= 0.6 is 15.9 Å². The number of nitrogens with one attached hydrogen (secondary N) is 1. The zero-order chi connectivity index (χ0) is 24.2. The molecule has 1 aromatic heterocycles. The molecule has 0 saturated heterocycles. The number of rotatable bonds is 6. The van der Waals surface area contributed by atoms with Crippen LogP contribution in [0.3, 0.4) is 0 Å². The Balaban J connectivity index is 2.12. The van der Waals surface area contributed by atoms with Crippen molar-refractivity contribution < 1.29 is 20.1 Å². The number of nitrogens with zero attached hydrogens (tertiary/aromatic N) is 3. The van der Waals surface area contributed by atoms with Crippen LogP contribution in [-0.4, -0.2) is 53.4 Å². The number of methoxy groups -OCH3 is 1. The molecule has 1 unspecified atom stereocenters. The molecule has 0 fully saturated rings. The van der Waals surface area contributed by atoms with Gasteiger partial charge < -0.3 is 15.2 Å². The van der Waals surface area contributed by atoms with Gasteiger partial charge in [-0.25, -0.2) is 0 Å². The first kappa shape index (κ1) is 16.2. The number of benzodiazepines with no additional fused rings is 1. The Morgan fingerprint density at radius 2 is 2.34 bits per heavy atom. The Hall–Kier alpha value is -2.58. The number of aliphatic imine (C=N–C) groups is 2. The van der Waals surface area contributed by atoms with Gasteiger partial charge in [-0.2, -0.15) is 0 Å². The summed E-state index contributed by atoms with van der Waals surface area (Å²) in [6, 6.07) is 10.2. The molecule has 2 heterocycles. The molecule has 2 aromatic rings. The summed E-state index contributed by atoms with van der Waals surface area (Å²) in [4.78, 5) is 25.3. The first-order valence-electron chi connectivity index (χ1n) is 10.9. The molecular weight excluding hydrogens is 436 g/mol. The monoisotopic (exact) mass is 462 g/mol. The average molecular weight is 463 g/mol. The second-order valence-electron chi connectivity index (χ2n) is 6.29. The molecular formula is C21H23BrN4O3. The second kappa shape index (κ2) is 9.76. The maximum atomic E-state index is 11.8. The van der Waals surface area contributed by atoms with Gasteiger partial charge in [-0.05, 0) is 43.6 Å². The van der Waals surface area contributed by atoms with E-state index in [2.05, 4.69) is 31.2 Å². The lowest BCUT2D eigenvalue weighted by molar-refractivity contribution is -0.140. The van der Waals surface area contributed by atoms with Crippen molar-refractivity contribution in [3.63, 3.8) is 0 Å². The van der Waals surface area contributed by atoms with Crippen molar-refractivity contribution in [1.29, 1.82) is 0 Å². The molecule has 2 atom stereocenters. The number of hydrogen-bond acceptors (Lipinski definition) is 6. The zero-order valence-electron chi connectivity index (χ0n) is 19.7. The number of hydrogen-bond donors (Lipinski definition) is 2. The number of fused-ring (bicyclic) bond motifs is 1. The highest BCUT2D eigenvalue weighted by Gasteiger charge is 2.26. The van der Waals surface area contributed by atoms with Gasteiger partial charge in [-0.3, -0.25) is 19.8 Å². The number of halogens is 1. The van der Waals surface area contributed by atoms with E-state index in [1.54, 1.807) is 24.4 Å². The quantitative estimate of drug-likeness (QED) is 0.642. The van der Waals surface area contributed by atoms with E-state index in [1.807, 2.05) is 18.2 Å². The fourth-order valence-electron chi connectivity index (χ4n) is 2.90. The van der Waals surface area contributed by atoms with Crippen molar-refractivity contribution >= 4 is 39.1 Å². The van der Waals surface area contributed by atoms with E-state index < -0.39 is 31.5 Å². The molecule has 7 nitrogen and oxygen atoms in total. The molecule has 0 amide bonds. The van der Waals surface area contributed by atoms with Crippen molar-refractivity contribution in [3.05, 3.63) is 58.3 Å². The minimum absolute atomic E-state index is 0.0331. The number of pyridine rings is 1. The molecule has 0 bridgehead atoms. The molecule has 0 radical (unpaired) electrons. The maximum Gasteiger partial charge on any atom is 0.305 e. The van der Waals surface area contributed by atoms with Crippen molar-refractivity contribution in [2.24, 2.45) is 9.98 Å². The highest BCUT2D eigenvalue weighted by atomic mass is 79.9. The Labute approximate surface area is 183 Å². The van der Waals surface area contributed by atoms with Crippen molar-refractivity contribution in [2.75, 3.05) is 19.0 Å². The average Bonchev–Trinajstić information content (AvgIpc) is 2.92. The number of aliphatic hydroxyl groups is 1. The van der Waals surface area contributed by atoms with E-state index in [0.29, 0.717) is 22.7 Å². The molecule has 3 rings (SSSR count). The largest absolute Gasteiger partial charge is 0.469 e. The maximum absolute atomic E-state index is 11.8. The van der Waals surface area contributed by atoms with E-state index in [9.17, 15) is 9.90 Å². The number of anilines is 1. The van der Waals surface area contributed by atoms with Crippen LogP contribution < -0.4 is 5.32 Å². The first-order chi connectivity index (χ1) is 15.5. The van der Waals surface area contributed by atoms with Gasteiger partial charge in [0.1, 0.15) is 11.9 Å². The third-order valence-electron chi connectivity index (χ3n) is 4.26. The number of ether oxygens (including phenoxy) is 1. The van der Waals surface area contributed by atoms with Gasteiger partial charge in [0.05, 0.1) is 32.5 Å². The van der Waals surface area contributed by atoms with Crippen molar-refractivity contribution in [3.8, 4) is 0 Å². The number of carbonyl (C=O) groups is 1. The SMILES string of the molecule is [2H]C([2H])([2H])C([2H])(O)CN=C1Nc2ccc(Br)cc2C(c2ccccn2)=N[C@H]1CCC(=O)OC. The summed E-state index contributed by atoms with van der Waals surface area (Å²) in [5, 5.41) is 13.3. The normalized spacial score (nSPS) is 21.8. The van der Waals surface area contributed by atoms with Crippen LogP contribution in [0.5, 0.6) is 0 Å².